The molecule has 0 aliphatic carbocycles. The average molecular weight is 1070 g/mol. The van der Waals surface area contributed by atoms with Crippen LogP contribution < -0.4 is 0 Å². The third-order valence-corrected chi connectivity index (χ3v) is 17.7. The van der Waals surface area contributed by atoms with E-state index in [2.05, 4.69) is 34.6 Å². The van der Waals surface area contributed by atoms with Gasteiger partial charge in [-0.25, -0.2) is 4.79 Å². The summed E-state index contributed by atoms with van der Waals surface area (Å²) in [7, 11) is 0. The SMILES string of the molecule is CCCCCCCCCCCCCCCCCCOC(=O)/C(=C(/CCCCCCCCCCCCCC)CCCCCCCCCCCCCCCC)C(CCCCCCCCCC)CCCCCCCCCCCC. The van der Waals surface area contributed by atoms with E-state index in [0.29, 0.717) is 12.5 Å². The Morgan fingerprint density at radius 2 is 0.421 bits per heavy atom. The molecule has 1 unspecified atom stereocenters. The lowest BCUT2D eigenvalue weighted by Crippen LogP contribution is -2.20. The minimum atomic E-state index is 0.108. The van der Waals surface area contributed by atoms with Crippen molar-refractivity contribution in [3.63, 3.8) is 0 Å². The van der Waals surface area contributed by atoms with Crippen LogP contribution in [0.3, 0.4) is 0 Å². The molecule has 0 spiro atoms. The molecule has 0 fully saturated rings. The van der Waals surface area contributed by atoms with Gasteiger partial charge in [0.05, 0.1) is 6.61 Å². The molecular formula is C74H146O2. The highest BCUT2D eigenvalue weighted by molar-refractivity contribution is 5.90. The zero-order chi connectivity index (χ0) is 55.0. The molecule has 0 N–H and O–H groups in total. The zero-order valence-corrected chi connectivity index (χ0v) is 53.9. The minimum Gasteiger partial charge on any atom is -0.462 e. The van der Waals surface area contributed by atoms with Crippen LogP contribution in [0.15, 0.2) is 11.1 Å². The van der Waals surface area contributed by atoms with Gasteiger partial charge in [-0.15, -0.1) is 0 Å². The molecular weight excluding hydrogens is 921 g/mol. The van der Waals surface area contributed by atoms with Crippen LogP contribution in [0.2, 0.25) is 0 Å². The first-order valence-corrected chi connectivity index (χ1v) is 36.5. The Morgan fingerprint density at radius 3 is 0.645 bits per heavy atom. The maximum Gasteiger partial charge on any atom is 0.334 e. The number of hydrogen-bond donors (Lipinski definition) is 0. The lowest BCUT2D eigenvalue weighted by molar-refractivity contribution is -0.140. The van der Waals surface area contributed by atoms with Gasteiger partial charge in [-0.2, -0.15) is 0 Å². The van der Waals surface area contributed by atoms with Crippen LogP contribution in [-0.2, 0) is 9.53 Å². The smallest absolute Gasteiger partial charge is 0.334 e. The van der Waals surface area contributed by atoms with Crippen molar-refractivity contribution in [3.05, 3.63) is 11.1 Å². The Kier molecular flexibility index (Phi) is 66.0. The lowest BCUT2D eigenvalue weighted by Gasteiger charge is -2.24. The summed E-state index contributed by atoms with van der Waals surface area (Å²) in [5.41, 5.74) is 2.74. The van der Waals surface area contributed by atoms with E-state index in [1.165, 1.54) is 397 Å². The Bertz CT molecular complexity index is 1110. The molecule has 0 rings (SSSR count). The van der Waals surface area contributed by atoms with Crippen molar-refractivity contribution >= 4 is 5.97 Å². The average Bonchev–Trinajstić information content (AvgIpc) is 3.42. The van der Waals surface area contributed by atoms with E-state index < -0.39 is 0 Å². The molecule has 1 atom stereocenters. The molecule has 0 aromatic heterocycles. The van der Waals surface area contributed by atoms with E-state index in [9.17, 15) is 4.79 Å². The molecule has 0 saturated heterocycles. The van der Waals surface area contributed by atoms with E-state index >= 15 is 0 Å². The molecule has 2 nitrogen and oxygen atoms in total. The first kappa shape index (κ1) is 75.2. The molecule has 0 aromatic rings. The third kappa shape index (κ3) is 56.5. The second kappa shape index (κ2) is 66.7. The lowest BCUT2D eigenvalue weighted by atomic mass is 9.82. The first-order chi connectivity index (χ1) is 37.7. The number of carbonyl (C=O) groups is 1. The fraction of sp³-hybridized carbons (Fsp3) is 0.959. The van der Waals surface area contributed by atoms with E-state index in [1.807, 2.05) is 0 Å². The highest BCUT2D eigenvalue weighted by Gasteiger charge is 2.26. The van der Waals surface area contributed by atoms with Gasteiger partial charge < -0.3 is 4.74 Å². The number of rotatable bonds is 67. The van der Waals surface area contributed by atoms with Gasteiger partial charge in [0.2, 0.25) is 0 Å². The molecule has 0 radical (unpaired) electrons. The van der Waals surface area contributed by atoms with Gasteiger partial charge in [-0.1, -0.05) is 406 Å². The number of unbranched alkanes of at least 4 members (excludes halogenated alkanes) is 55. The molecule has 0 aliphatic heterocycles. The van der Waals surface area contributed by atoms with Gasteiger partial charge in [-0.3, -0.25) is 0 Å². The topological polar surface area (TPSA) is 26.3 Å². The van der Waals surface area contributed by atoms with Crippen LogP contribution in [-0.4, -0.2) is 12.6 Å². The zero-order valence-electron chi connectivity index (χ0n) is 53.9. The summed E-state index contributed by atoms with van der Waals surface area (Å²) in [6.45, 7) is 12.2. The Balaban J connectivity index is 5.88. The predicted molar refractivity (Wildman–Crippen MR) is 345 cm³/mol. The van der Waals surface area contributed by atoms with Crippen LogP contribution in [0.1, 0.15) is 446 Å². The Labute approximate surface area is 482 Å². The van der Waals surface area contributed by atoms with Crippen molar-refractivity contribution in [2.24, 2.45) is 5.92 Å². The van der Waals surface area contributed by atoms with Crippen molar-refractivity contribution in [3.8, 4) is 0 Å². The predicted octanol–water partition coefficient (Wildman–Crippen LogP) is 27.5. The van der Waals surface area contributed by atoms with Gasteiger partial charge in [0.25, 0.3) is 0 Å². The number of hydrogen-bond acceptors (Lipinski definition) is 2. The molecule has 2 heteroatoms. The van der Waals surface area contributed by atoms with Gasteiger partial charge >= 0.3 is 5.97 Å². The highest BCUT2D eigenvalue weighted by Crippen LogP contribution is 2.34. The summed E-state index contributed by atoms with van der Waals surface area (Å²) in [5, 5.41) is 0. The number of esters is 1. The molecule has 0 bridgehead atoms. The van der Waals surface area contributed by atoms with Crippen LogP contribution in [0.25, 0.3) is 0 Å². The number of carbonyl (C=O) groups excluding carboxylic acids is 1. The van der Waals surface area contributed by atoms with Crippen molar-refractivity contribution in [1.29, 1.82) is 0 Å². The molecule has 76 heavy (non-hydrogen) atoms. The quantitative estimate of drug-likeness (QED) is 0.0345. The van der Waals surface area contributed by atoms with E-state index in [0.717, 1.165) is 19.3 Å². The minimum absolute atomic E-state index is 0.108. The summed E-state index contributed by atoms with van der Waals surface area (Å²) in [5.74, 6) is 0.489. The number of ether oxygens (including phenoxy) is 1. The van der Waals surface area contributed by atoms with Gasteiger partial charge in [0.1, 0.15) is 0 Å². The fourth-order valence-electron chi connectivity index (χ4n) is 12.4. The number of allylic oxidation sites excluding steroid dienone is 1. The summed E-state index contributed by atoms with van der Waals surface area (Å²) in [6, 6.07) is 0. The first-order valence-electron chi connectivity index (χ1n) is 36.5. The molecule has 0 amide bonds. The molecule has 0 aliphatic rings. The molecule has 0 aromatic carbocycles. The molecule has 0 heterocycles. The van der Waals surface area contributed by atoms with E-state index in [4.69, 9.17) is 4.74 Å². The van der Waals surface area contributed by atoms with E-state index in [-0.39, 0.29) is 5.97 Å². The van der Waals surface area contributed by atoms with E-state index in [1.54, 1.807) is 5.57 Å². The molecule has 454 valence electrons. The van der Waals surface area contributed by atoms with Crippen LogP contribution in [0.5, 0.6) is 0 Å². The van der Waals surface area contributed by atoms with Crippen LogP contribution in [0.4, 0.5) is 0 Å². The fourth-order valence-corrected chi connectivity index (χ4v) is 12.4. The van der Waals surface area contributed by atoms with Crippen LogP contribution >= 0.6 is 0 Å². The van der Waals surface area contributed by atoms with Gasteiger partial charge in [0, 0.05) is 5.57 Å². The largest absolute Gasteiger partial charge is 0.462 e. The monoisotopic (exact) mass is 1070 g/mol. The summed E-state index contributed by atoms with van der Waals surface area (Å²) in [4.78, 5) is 14.9. The maximum absolute atomic E-state index is 14.9. The van der Waals surface area contributed by atoms with Gasteiger partial charge in [0.15, 0.2) is 0 Å². The van der Waals surface area contributed by atoms with Crippen LogP contribution in [0, 0.1) is 5.92 Å². The standard InChI is InChI=1S/C74H146O2/c1-6-11-16-21-26-31-35-38-40-41-43-46-50-55-60-65-70-76-74(75)73(71(66-61-56-51-30-25-20-15-10-5)67-62-57-52-47-34-29-24-19-14-9-4)72(68-63-58-53-48-44-37-33-28-23-18-13-8-3)69-64-59-54-49-45-42-39-36-32-27-22-17-12-7-2/h71H,6-70H2,1-5H3/b73-72-. The van der Waals surface area contributed by atoms with Crippen molar-refractivity contribution in [2.45, 2.75) is 446 Å². The third-order valence-electron chi connectivity index (χ3n) is 17.7. The summed E-state index contributed by atoms with van der Waals surface area (Å²) >= 11 is 0. The van der Waals surface area contributed by atoms with Crippen molar-refractivity contribution < 1.29 is 9.53 Å². The highest BCUT2D eigenvalue weighted by atomic mass is 16.5. The second-order valence-corrected chi connectivity index (χ2v) is 25.4. The second-order valence-electron chi connectivity index (χ2n) is 25.4. The van der Waals surface area contributed by atoms with Crippen molar-refractivity contribution in [2.75, 3.05) is 6.61 Å². The van der Waals surface area contributed by atoms with Crippen molar-refractivity contribution in [1.82, 2.24) is 0 Å². The Hall–Kier alpha value is -0.790. The maximum atomic E-state index is 14.9. The normalized spacial score (nSPS) is 12.5. The molecule has 0 saturated carbocycles. The summed E-state index contributed by atoms with van der Waals surface area (Å²) < 4.78 is 6.51. The van der Waals surface area contributed by atoms with Gasteiger partial charge in [-0.05, 0) is 50.9 Å². The Morgan fingerprint density at radius 1 is 0.237 bits per heavy atom. The summed E-state index contributed by atoms with van der Waals surface area (Å²) in [6.07, 6.45) is 87.5.